The lowest BCUT2D eigenvalue weighted by molar-refractivity contribution is 0.102. The lowest BCUT2D eigenvalue weighted by Gasteiger charge is -2.13. The van der Waals surface area contributed by atoms with Crippen molar-refractivity contribution in [3.05, 3.63) is 95.6 Å². The van der Waals surface area contributed by atoms with Crippen LogP contribution < -0.4 is 11.1 Å². The summed E-state index contributed by atoms with van der Waals surface area (Å²) in [5, 5.41) is 2.91. The van der Waals surface area contributed by atoms with E-state index in [9.17, 15) is 4.79 Å². The highest BCUT2D eigenvalue weighted by Crippen LogP contribution is 2.22. The second-order valence-corrected chi connectivity index (χ2v) is 5.36. The zero-order valence-electron chi connectivity index (χ0n) is 12.7. The van der Waals surface area contributed by atoms with Crippen molar-refractivity contribution in [3.63, 3.8) is 0 Å². The Kier molecular flexibility index (Phi) is 4.39. The molecule has 3 nitrogen and oxygen atoms in total. The minimum atomic E-state index is -0.180. The first-order valence-electron chi connectivity index (χ1n) is 7.52. The van der Waals surface area contributed by atoms with Crippen molar-refractivity contribution in [3.8, 4) is 0 Å². The van der Waals surface area contributed by atoms with Crippen molar-refractivity contribution in [2.24, 2.45) is 0 Å². The van der Waals surface area contributed by atoms with Crippen molar-refractivity contribution in [2.45, 2.75) is 6.42 Å². The lowest BCUT2D eigenvalue weighted by atomic mass is 9.98. The molecule has 3 N–H and O–H groups in total. The molecule has 23 heavy (non-hydrogen) atoms. The smallest absolute Gasteiger partial charge is 0.258 e. The molecule has 0 aliphatic heterocycles. The van der Waals surface area contributed by atoms with Gasteiger partial charge in [0, 0.05) is 11.4 Å². The Morgan fingerprint density at radius 3 is 2.17 bits per heavy atom. The zero-order valence-corrected chi connectivity index (χ0v) is 12.7. The number of hydrogen-bond donors (Lipinski definition) is 2. The number of hydrogen-bond acceptors (Lipinski definition) is 2. The van der Waals surface area contributed by atoms with E-state index >= 15 is 0 Å². The Bertz CT molecular complexity index is 798. The van der Waals surface area contributed by atoms with Crippen LogP contribution in [-0.2, 0) is 6.42 Å². The number of nitrogens with two attached hydrogens (primary N) is 1. The molecule has 0 bridgehead atoms. The van der Waals surface area contributed by atoms with Gasteiger partial charge in [0.15, 0.2) is 0 Å². The Morgan fingerprint density at radius 2 is 1.48 bits per heavy atom. The van der Waals surface area contributed by atoms with Crippen LogP contribution in [0.1, 0.15) is 21.5 Å². The van der Waals surface area contributed by atoms with Crippen molar-refractivity contribution in [1.82, 2.24) is 0 Å². The molecular weight excluding hydrogens is 284 g/mol. The van der Waals surface area contributed by atoms with Crippen LogP contribution in [0.3, 0.4) is 0 Å². The average Bonchev–Trinajstić information content (AvgIpc) is 2.57. The molecule has 0 aromatic heterocycles. The van der Waals surface area contributed by atoms with E-state index in [-0.39, 0.29) is 5.91 Å². The first-order chi connectivity index (χ1) is 11.2. The van der Waals surface area contributed by atoms with Crippen LogP contribution in [-0.4, -0.2) is 5.91 Å². The normalized spacial score (nSPS) is 10.3. The van der Waals surface area contributed by atoms with Gasteiger partial charge in [0.2, 0.25) is 0 Å². The summed E-state index contributed by atoms with van der Waals surface area (Å²) in [6.07, 6.45) is 0.670. The number of benzene rings is 3. The standard InChI is InChI=1S/C20H18N2O/c21-18-13-7-10-16(14-15-8-3-1-4-9-15)19(18)20(23)22-17-11-5-2-6-12-17/h1-13H,14,21H2,(H,22,23). The monoisotopic (exact) mass is 302 g/mol. The predicted molar refractivity (Wildman–Crippen MR) is 94.5 cm³/mol. The summed E-state index contributed by atoms with van der Waals surface area (Å²) in [7, 11) is 0. The van der Waals surface area contributed by atoms with Crippen LogP contribution in [0.15, 0.2) is 78.9 Å². The Morgan fingerprint density at radius 1 is 0.826 bits per heavy atom. The van der Waals surface area contributed by atoms with Gasteiger partial charge in [-0.2, -0.15) is 0 Å². The molecule has 114 valence electrons. The molecule has 3 rings (SSSR count). The third-order valence-electron chi connectivity index (χ3n) is 3.68. The van der Waals surface area contributed by atoms with E-state index in [2.05, 4.69) is 5.32 Å². The van der Waals surface area contributed by atoms with Crippen LogP contribution in [0.25, 0.3) is 0 Å². The lowest BCUT2D eigenvalue weighted by Crippen LogP contribution is -2.16. The molecule has 0 unspecified atom stereocenters. The fourth-order valence-electron chi connectivity index (χ4n) is 2.58. The molecule has 3 aromatic rings. The van der Waals surface area contributed by atoms with Gasteiger partial charge in [-0.15, -0.1) is 0 Å². The third kappa shape index (κ3) is 3.58. The van der Waals surface area contributed by atoms with Gasteiger partial charge in [0.25, 0.3) is 5.91 Å². The number of nitrogen functional groups attached to an aromatic ring is 1. The number of nitrogens with one attached hydrogen (secondary N) is 1. The summed E-state index contributed by atoms with van der Waals surface area (Å²) in [6, 6.07) is 25.0. The zero-order chi connectivity index (χ0) is 16.1. The minimum absolute atomic E-state index is 0.180. The van der Waals surface area contributed by atoms with Gasteiger partial charge in [-0.05, 0) is 35.7 Å². The molecule has 0 spiro atoms. The van der Waals surface area contributed by atoms with Gasteiger partial charge < -0.3 is 11.1 Å². The fraction of sp³-hybridized carbons (Fsp3) is 0.0500. The summed E-state index contributed by atoms with van der Waals surface area (Å²) in [4.78, 5) is 12.7. The molecule has 0 saturated carbocycles. The van der Waals surface area contributed by atoms with Crippen LogP contribution in [0.5, 0.6) is 0 Å². The summed E-state index contributed by atoms with van der Waals surface area (Å²) < 4.78 is 0. The van der Waals surface area contributed by atoms with Gasteiger partial charge >= 0.3 is 0 Å². The van der Waals surface area contributed by atoms with E-state index in [1.54, 1.807) is 6.07 Å². The Labute approximate surface area is 135 Å². The molecule has 3 heteroatoms. The minimum Gasteiger partial charge on any atom is -0.398 e. The topological polar surface area (TPSA) is 55.1 Å². The van der Waals surface area contributed by atoms with Crippen molar-refractivity contribution in [1.29, 1.82) is 0 Å². The second-order valence-electron chi connectivity index (χ2n) is 5.36. The number of amides is 1. The SMILES string of the molecule is Nc1cccc(Cc2ccccc2)c1C(=O)Nc1ccccc1. The van der Waals surface area contributed by atoms with Gasteiger partial charge in [-0.1, -0.05) is 60.7 Å². The van der Waals surface area contributed by atoms with E-state index in [1.807, 2.05) is 72.8 Å². The molecule has 1 amide bonds. The number of anilines is 2. The van der Waals surface area contributed by atoms with Gasteiger partial charge in [0.05, 0.1) is 5.56 Å². The predicted octanol–water partition coefficient (Wildman–Crippen LogP) is 4.11. The molecule has 0 saturated heterocycles. The van der Waals surface area contributed by atoms with Crippen molar-refractivity contribution in [2.75, 3.05) is 11.1 Å². The van der Waals surface area contributed by atoms with Gasteiger partial charge in [0.1, 0.15) is 0 Å². The molecule has 0 radical (unpaired) electrons. The number of carbonyl (C=O) groups excluding carboxylic acids is 1. The van der Waals surface area contributed by atoms with E-state index in [0.717, 1.165) is 16.8 Å². The fourth-order valence-corrected chi connectivity index (χ4v) is 2.58. The maximum absolute atomic E-state index is 12.7. The van der Waals surface area contributed by atoms with E-state index < -0.39 is 0 Å². The van der Waals surface area contributed by atoms with Crippen molar-refractivity contribution >= 4 is 17.3 Å². The quantitative estimate of drug-likeness (QED) is 0.713. The first kappa shape index (κ1) is 14.9. The second kappa shape index (κ2) is 6.79. The molecule has 0 atom stereocenters. The number of para-hydroxylation sites is 1. The highest BCUT2D eigenvalue weighted by Gasteiger charge is 2.15. The van der Waals surface area contributed by atoms with Crippen LogP contribution >= 0.6 is 0 Å². The van der Waals surface area contributed by atoms with Crippen LogP contribution in [0.2, 0.25) is 0 Å². The molecule has 3 aromatic carbocycles. The van der Waals surface area contributed by atoms with Gasteiger partial charge in [-0.3, -0.25) is 4.79 Å². The van der Waals surface area contributed by atoms with Crippen molar-refractivity contribution < 1.29 is 4.79 Å². The Balaban J connectivity index is 1.90. The molecule has 0 aliphatic rings. The number of rotatable bonds is 4. The molecular formula is C20H18N2O. The maximum Gasteiger partial charge on any atom is 0.258 e. The van der Waals surface area contributed by atoms with E-state index in [4.69, 9.17) is 5.73 Å². The highest BCUT2D eigenvalue weighted by atomic mass is 16.1. The van der Waals surface area contributed by atoms with Crippen LogP contribution in [0, 0.1) is 0 Å². The molecule has 0 aliphatic carbocycles. The van der Waals surface area contributed by atoms with Crippen LogP contribution in [0.4, 0.5) is 11.4 Å². The highest BCUT2D eigenvalue weighted by molar-refractivity contribution is 6.08. The van der Waals surface area contributed by atoms with E-state index in [1.165, 1.54) is 0 Å². The largest absolute Gasteiger partial charge is 0.398 e. The molecule has 0 fully saturated rings. The summed E-state index contributed by atoms with van der Waals surface area (Å²) in [5.74, 6) is -0.180. The average molecular weight is 302 g/mol. The Hall–Kier alpha value is -3.07. The maximum atomic E-state index is 12.7. The summed E-state index contributed by atoms with van der Waals surface area (Å²) >= 11 is 0. The third-order valence-corrected chi connectivity index (χ3v) is 3.68. The first-order valence-corrected chi connectivity index (χ1v) is 7.52. The summed E-state index contributed by atoms with van der Waals surface area (Å²) in [5.41, 5.74) is 9.93. The number of carbonyl (C=O) groups is 1. The van der Waals surface area contributed by atoms with E-state index in [0.29, 0.717) is 17.7 Å². The molecule has 0 heterocycles. The van der Waals surface area contributed by atoms with Gasteiger partial charge in [-0.25, -0.2) is 0 Å². The summed E-state index contributed by atoms with van der Waals surface area (Å²) in [6.45, 7) is 0.